The second-order valence-corrected chi connectivity index (χ2v) is 12.3. The Morgan fingerprint density at radius 2 is 1.74 bits per heavy atom. The summed E-state index contributed by atoms with van der Waals surface area (Å²) in [6.45, 7) is 8.64. The van der Waals surface area contributed by atoms with Crippen LogP contribution in [-0.4, -0.2) is 8.42 Å². The van der Waals surface area contributed by atoms with Crippen LogP contribution in [0.15, 0.2) is 83.8 Å². The molecule has 0 spiro atoms. The fourth-order valence-electron chi connectivity index (χ4n) is 5.18. The molecule has 5 rings (SSSR count). The summed E-state index contributed by atoms with van der Waals surface area (Å²) in [6.07, 6.45) is 5.45. The number of anilines is 2. The Morgan fingerprint density at radius 3 is 2.44 bits per heavy atom. The molecule has 1 aliphatic heterocycles. The van der Waals surface area contributed by atoms with Crippen molar-refractivity contribution in [3.63, 3.8) is 0 Å². The standard InChI is InChI=1S/C29H32N2O2S/c1-19-7-5-8-22(17-19)31-34(32,33)23-15-16-27-26(18-23)24-9-6-10-25(24)28(30-27)20-11-13-21(14-12-20)29(2,3)4/h5-9,11-18,24-25,28,30-31H,10H2,1-4H3/t24-,25-,28-/m1/s1. The van der Waals surface area contributed by atoms with Gasteiger partial charge in [-0.05, 0) is 77.3 Å². The number of allylic oxidation sites excluding steroid dienone is 2. The molecule has 34 heavy (non-hydrogen) atoms. The summed E-state index contributed by atoms with van der Waals surface area (Å²) in [4.78, 5) is 0.293. The van der Waals surface area contributed by atoms with Crippen molar-refractivity contribution in [1.29, 1.82) is 0 Å². The lowest BCUT2D eigenvalue weighted by Crippen LogP contribution is -2.29. The van der Waals surface area contributed by atoms with E-state index >= 15 is 0 Å². The smallest absolute Gasteiger partial charge is 0.261 e. The van der Waals surface area contributed by atoms with Crippen LogP contribution in [0, 0.1) is 12.8 Å². The highest BCUT2D eigenvalue weighted by atomic mass is 32.2. The van der Waals surface area contributed by atoms with Crippen LogP contribution in [0.4, 0.5) is 11.4 Å². The van der Waals surface area contributed by atoms with Crippen molar-refractivity contribution in [2.24, 2.45) is 5.92 Å². The number of rotatable bonds is 4. The zero-order chi connectivity index (χ0) is 24.1. The van der Waals surface area contributed by atoms with E-state index in [1.54, 1.807) is 12.1 Å². The summed E-state index contributed by atoms with van der Waals surface area (Å²) in [5.74, 6) is 0.549. The molecule has 0 bridgehead atoms. The summed E-state index contributed by atoms with van der Waals surface area (Å²) >= 11 is 0. The Hall–Kier alpha value is -3.05. The van der Waals surface area contributed by atoms with Crippen molar-refractivity contribution in [2.75, 3.05) is 10.0 Å². The summed E-state index contributed by atoms with van der Waals surface area (Å²) in [6, 6.07) is 22.0. The molecule has 1 aliphatic carbocycles. The van der Waals surface area contributed by atoms with Gasteiger partial charge in [-0.1, -0.05) is 69.3 Å². The topological polar surface area (TPSA) is 58.2 Å². The maximum atomic E-state index is 13.1. The van der Waals surface area contributed by atoms with Gasteiger partial charge in [-0.3, -0.25) is 4.72 Å². The van der Waals surface area contributed by atoms with Gasteiger partial charge in [0.2, 0.25) is 0 Å². The number of aryl methyl sites for hydroxylation is 1. The highest BCUT2D eigenvalue weighted by molar-refractivity contribution is 7.92. The molecule has 3 aromatic carbocycles. The Balaban J connectivity index is 1.46. The number of nitrogens with one attached hydrogen (secondary N) is 2. The first-order chi connectivity index (χ1) is 16.1. The zero-order valence-electron chi connectivity index (χ0n) is 20.2. The van der Waals surface area contributed by atoms with Crippen LogP contribution in [0.1, 0.15) is 61.4 Å². The van der Waals surface area contributed by atoms with Gasteiger partial charge in [-0.2, -0.15) is 0 Å². The lowest BCUT2D eigenvalue weighted by Gasteiger charge is -2.38. The summed E-state index contributed by atoms with van der Waals surface area (Å²) in [5.41, 5.74) is 6.36. The summed E-state index contributed by atoms with van der Waals surface area (Å²) < 4.78 is 29.0. The largest absolute Gasteiger partial charge is 0.378 e. The lowest BCUT2D eigenvalue weighted by atomic mass is 9.76. The zero-order valence-corrected chi connectivity index (χ0v) is 21.0. The molecule has 2 N–H and O–H groups in total. The third-order valence-electron chi connectivity index (χ3n) is 7.05. The average Bonchev–Trinajstić information content (AvgIpc) is 3.28. The Kier molecular flexibility index (Phi) is 5.56. The van der Waals surface area contributed by atoms with E-state index in [2.05, 4.69) is 67.2 Å². The van der Waals surface area contributed by atoms with Crippen LogP contribution in [0.5, 0.6) is 0 Å². The third-order valence-corrected chi connectivity index (χ3v) is 8.43. The fraction of sp³-hybridized carbons (Fsp3) is 0.310. The first-order valence-electron chi connectivity index (χ1n) is 11.9. The van der Waals surface area contributed by atoms with Gasteiger partial charge in [0.05, 0.1) is 10.9 Å². The minimum atomic E-state index is -3.68. The van der Waals surface area contributed by atoms with Gasteiger partial charge in [0.25, 0.3) is 10.0 Å². The molecular weight excluding hydrogens is 440 g/mol. The van der Waals surface area contributed by atoms with Gasteiger partial charge in [-0.25, -0.2) is 8.42 Å². The highest BCUT2D eigenvalue weighted by Crippen LogP contribution is 2.50. The first kappa shape index (κ1) is 22.7. The van der Waals surface area contributed by atoms with E-state index in [4.69, 9.17) is 0 Å². The van der Waals surface area contributed by atoms with Crippen LogP contribution in [0.2, 0.25) is 0 Å². The molecule has 176 valence electrons. The molecule has 3 atom stereocenters. The van der Waals surface area contributed by atoms with Crippen LogP contribution in [0.3, 0.4) is 0 Å². The van der Waals surface area contributed by atoms with Crippen molar-refractivity contribution >= 4 is 21.4 Å². The Bertz CT molecular complexity index is 1350. The van der Waals surface area contributed by atoms with Crippen molar-refractivity contribution in [3.05, 3.63) is 101 Å². The maximum absolute atomic E-state index is 13.1. The second kappa shape index (κ2) is 8.31. The number of hydrogen-bond donors (Lipinski definition) is 2. The monoisotopic (exact) mass is 472 g/mol. The number of fused-ring (bicyclic) bond motifs is 3. The van der Waals surface area contributed by atoms with E-state index in [0.29, 0.717) is 16.5 Å². The molecule has 0 radical (unpaired) electrons. The predicted molar refractivity (Wildman–Crippen MR) is 140 cm³/mol. The van der Waals surface area contributed by atoms with Gasteiger partial charge in [0.15, 0.2) is 0 Å². The molecule has 0 fully saturated rings. The van der Waals surface area contributed by atoms with Crippen LogP contribution >= 0.6 is 0 Å². The number of hydrogen-bond acceptors (Lipinski definition) is 3. The fourth-order valence-corrected chi connectivity index (χ4v) is 6.27. The van der Waals surface area contributed by atoms with Crippen molar-refractivity contribution in [2.45, 2.75) is 56.4 Å². The molecule has 0 amide bonds. The van der Waals surface area contributed by atoms with Gasteiger partial charge < -0.3 is 5.32 Å². The lowest BCUT2D eigenvalue weighted by molar-refractivity contribution is 0.425. The van der Waals surface area contributed by atoms with Gasteiger partial charge >= 0.3 is 0 Å². The Labute approximate surface area is 203 Å². The summed E-state index contributed by atoms with van der Waals surface area (Å²) in [5, 5.41) is 3.72. The minimum Gasteiger partial charge on any atom is -0.378 e. The molecular formula is C29H32N2O2S. The summed E-state index contributed by atoms with van der Waals surface area (Å²) in [7, 11) is -3.68. The van der Waals surface area contributed by atoms with E-state index in [1.807, 2.05) is 37.3 Å². The van der Waals surface area contributed by atoms with E-state index in [9.17, 15) is 8.42 Å². The molecule has 0 unspecified atom stereocenters. The van der Waals surface area contributed by atoms with Crippen molar-refractivity contribution in [3.8, 4) is 0 Å². The van der Waals surface area contributed by atoms with Crippen LogP contribution in [-0.2, 0) is 15.4 Å². The molecule has 0 saturated heterocycles. The maximum Gasteiger partial charge on any atom is 0.261 e. The molecule has 0 aromatic heterocycles. The Morgan fingerprint density at radius 1 is 0.971 bits per heavy atom. The SMILES string of the molecule is Cc1cccc(NS(=O)(=O)c2ccc3c(c2)[C@@H]2C=CC[C@H]2[C@@H](c2ccc(C(C)(C)C)cc2)N3)c1. The molecule has 5 heteroatoms. The van der Waals surface area contributed by atoms with Gasteiger partial charge in [0, 0.05) is 17.3 Å². The molecule has 0 saturated carbocycles. The van der Waals surface area contributed by atoms with Crippen molar-refractivity contribution in [1.82, 2.24) is 0 Å². The molecule has 2 aliphatic rings. The average molecular weight is 473 g/mol. The molecule has 4 nitrogen and oxygen atoms in total. The quantitative estimate of drug-likeness (QED) is 0.405. The van der Waals surface area contributed by atoms with E-state index in [-0.39, 0.29) is 17.4 Å². The van der Waals surface area contributed by atoms with Gasteiger partial charge in [0.1, 0.15) is 0 Å². The van der Waals surface area contributed by atoms with Crippen molar-refractivity contribution < 1.29 is 8.42 Å². The van der Waals surface area contributed by atoms with E-state index < -0.39 is 10.0 Å². The normalized spacial score (nSPS) is 21.5. The second-order valence-electron chi connectivity index (χ2n) is 10.6. The first-order valence-corrected chi connectivity index (χ1v) is 13.4. The van der Waals surface area contributed by atoms with Crippen LogP contribution in [0.25, 0.3) is 0 Å². The molecule has 1 heterocycles. The van der Waals surface area contributed by atoms with E-state index in [1.165, 1.54) is 11.1 Å². The van der Waals surface area contributed by atoms with E-state index in [0.717, 1.165) is 23.2 Å². The van der Waals surface area contributed by atoms with Gasteiger partial charge in [-0.15, -0.1) is 0 Å². The minimum absolute atomic E-state index is 0.122. The number of benzene rings is 3. The van der Waals surface area contributed by atoms with Crippen LogP contribution < -0.4 is 10.0 Å². The number of sulfonamides is 1. The third kappa shape index (κ3) is 4.25. The molecule has 3 aromatic rings. The highest BCUT2D eigenvalue weighted by Gasteiger charge is 2.38. The predicted octanol–water partition coefficient (Wildman–Crippen LogP) is 6.92.